The fourth-order valence-corrected chi connectivity index (χ4v) is 4.04. The van der Waals surface area contributed by atoms with Gasteiger partial charge in [-0.15, -0.1) is 0 Å². The standard InChI is InChI=1S/C20H18Cl2N2O5/c21-12-5-6-17(15(22)9-12)29-11-13(25)10-24-18(26)20(23-19(24)27)7-8-28-16-4-2-1-3-14(16)20/h1-6,9,13,25H,7-8,10-11H2,(H,23,27)/t13-,20-/m1/s1. The highest BCUT2D eigenvalue weighted by Gasteiger charge is 2.55. The van der Waals surface area contributed by atoms with Crippen LogP contribution in [-0.4, -0.2) is 47.8 Å². The van der Waals surface area contributed by atoms with E-state index in [4.69, 9.17) is 32.7 Å². The highest BCUT2D eigenvalue weighted by atomic mass is 35.5. The summed E-state index contributed by atoms with van der Waals surface area (Å²) in [6.45, 7) is -0.0522. The first-order chi connectivity index (χ1) is 13.9. The number of imide groups is 1. The van der Waals surface area contributed by atoms with Gasteiger partial charge in [0.05, 0.1) is 18.2 Å². The Hall–Kier alpha value is -2.48. The Morgan fingerprint density at radius 1 is 1.24 bits per heavy atom. The molecule has 152 valence electrons. The first kappa shape index (κ1) is 19.8. The topological polar surface area (TPSA) is 88.1 Å². The van der Waals surface area contributed by atoms with Crippen LogP contribution in [0.3, 0.4) is 0 Å². The van der Waals surface area contributed by atoms with Crippen molar-refractivity contribution in [3.8, 4) is 11.5 Å². The van der Waals surface area contributed by atoms with Crippen LogP contribution < -0.4 is 14.8 Å². The molecule has 1 spiro atoms. The largest absolute Gasteiger partial charge is 0.493 e. The van der Waals surface area contributed by atoms with Gasteiger partial charge in [0.1, 0.15) is 24.2 Å². The van der Waals surface area contributed by atoms with Crippen molar-refractivity contribution >= 4 is 35.1 Å². The van der Waals surface area contributed by atoms with E-state index >= 15 is 0 Å². The maximum absolute atomic E-state index is 13.2. The smallest absolute Gasteiger partial charge is 0.325 e. The van der Waals surface area contributed by atoms with Crippen molar-refractivity contribution in [1.82, 2.24) is 10.2 Å². The van der Waals surface area contributed by atoms with Crippen molar-refractivity contribution < 1.29 is 24.2 Å². The van der Waals surface area contributed by atoms with E-state index in [-0.39, 0.29) is 13.2 Å². The molecule has 1 fully saturated rings. The van der Waals surface area contributed by atoms with Crippen LogP contribution in [0.4, 0.5) is 4.79 Å². The third-order valence-electron chi connectivity index (χ3n) is 4.98. The van der Waals surface area contributed by atoms with Crippen LogP contribution in [0.25, 0.3) is 0 Å². The van der Waals surface area contributed by atoms with Crippen molar-refractivity contribution in [3.05, 3.63) is 58.1 Å². The van der Waals surface area contributed by atoms with Crippen LogP contribution in [0.15, 0.2) is 42.5 Å². The summed E-state index contributed by atoms with van der Waals surface area (Å²) in [7, 11) is 0. The van der Waals surface area contributed by atoms with Crippen LogP contribution in [0.1, 0.15) is 12.0 Å². The third kappa shape index (κ3) is 3.61. The zero-order valence-electron chi connectivity index (χ0n) is 15.2. The second-order valence-electron chi connectivity index (χ2n) is 6.89. The van der Waals surface area contributed by atoms with E-state index in [1.54, 1.807) is 36.4 Å². The SMILES string of the molecule is O=C1N[C@@]2(CCOc3ccccc32)C(=O)N1C[C@@H](O)COc1ccc(Cl)cc1Cl. The number of nitrogens with zero attached hydrogens (tertiary/aromatic N) is 1. The summed E-state index contributed by atoms with van der Waals surface area (Å²) in [6.07, 6.45) is -0.778. The number of β-amino-alcohol motifs (C(OH)–C–C–N with tert-alkyl or cyclic N) is 1. The number of urea groups is 1. The number of para-hydroxylation sites is 1. The van der Waals surface area contributed by atoms with Gasteiger partial charge in [-0.2, -0.15) is 0 Å². The van der Waals surface area contributed by atoms with Crippen LogP contribution in [0, 0.1) is 0 Å². The minimum atomic E-state index is -1.17. The Morgan fingerprint density at radius 3 is 2.83 bits per heavy atom. The maximum atomic E-state index is 13.2. The lowest BCUT2D eigenvalue weighted by Gasteiger charge is -2.33. The quantitative estimate of drug-likeness (QED) is 0.703. The van der Waals surface area contributed by atoms with Crippen molar-refractivity contribution in [2.75, 3.05) is 19.8 Å². The molecule has 9 heteroatoms. The van der Waals surface area contributed by atoms with Crippen LogP contribution in [-0.2, 0) is 10.3 Å². The average Bonchev–Trinajstić information content (AvgIpc) is 2.92. The molecule has 2 aromatic rings. The molecule has 2 heterocycles. The average molecular weight is 437 g/mol. The van der Waals surface area contributed by atoms with E-state index in [2.05, 4.69) is 5.32 Å². The molecule has 29 heavy (non-hydrogen) atoms. The fraction of sp³-hybridized carbons (Fsp3) is 0.300. The van der Waals surface area contributed by atoms with E-state index in [9.17, 15) is 14.7 Å². The molecule has 0 bridgehead atoms. The number of aliphatic hydroxyl groups is 1. The first-order valence-electron chi connectivity index (χ1n) is 9.03. The summed E-state index contributed by atoms with van der Waals surface area (Å²) in [4.78, 5) is 26.7. The van der Waals surface area contributed by atoms with Crippen molar-refractivity contribution in [2.24, 2.45) is 0 Å². The number of benzene rings is 2. The Kier molecular flexibility index (Phi) is 5.29. The minimum absolute atomic E-state index is 0.148. The van der Waals surface area contributed by atoms with E-state index in [1.165, 1.54) is 6.07 Å². The lowest BCUT2D eigenvalue weighted by molar-refractivity contribution is -0.133. The van der Waals surface area contributed by atoms with E-state index in [0.717, 1.165) is 4.90 Å². The normalized spacial score (nSPS) is 21.6. The van der Waals surface area contributed by atoms with E-state index < -0.39 is 23.6 Å². The second-order valence-corrected chi connectivity index (χ2v) is 7.73. The Morgan fingerprint density at radius 2 is 2.03 bits per heavy atom. The van der Waals surface area contributed by atoms with Gasteiger partial charge in [-0.25, -0.2) is 4.79 Å². The molecule has 3 amide bonds. The number of rotatable bonds is 5. The molecule has 0 aromatic heterocycles. The molecule has 4 rings (SSSR count). The Labute approximate surface area is 177 Å². The summed E-state index contributed by atoms with van der Waals surface area (Å²) >= 11 is 11.9. The van der Waals surface area contributed by atoms with Gasteiger partial charge >= 0.3 is 6.03 Å². The van der Waals surface area contributed by atoms with Gasteiger partial charge in [-0.05, 0) is 24.3 Å². The Bertz CT molecular complexity index is 970. The summed E-state index contributed by atoms with van der Waals surface area (Å²) < 4.78 is 11.1. The number of amides is 3. The van der Waals surface area contributed by atoms with E-state index in [0.29, 0.717) is 40.1 Å². The zero-order chi connectivity index (χ0) is 20.6. The van der Waals surface area contributed by atoms with Gasteiger partial charge in [-0.3, -0.25) is 9.69 Å². The number of hydrogen-bond donors (Lipinski definition) is 2. The molecular weight excluding hydrogens is 419 g/mol. The second kappa shape index (κ2) is 7.74. The molecular formula is C20H18Cl2N2O5. The number of nitrogens with one attached hydrogen (secondary N) is 1. The summed E-state index contributed by atoms with van der Waals surface area (Å²) in [6, 6.07) is 11.3. The predicted octanol–water partition coefficient (Wildman–Crippen LogP) is 2.96. The summed E-state index contributed by atoms with van der Waals surface area (Å²) in [5.41, 5.74) is -0.558. The molecule has 2 aliphatic heterocycles. The van der Waals surface area contributed by atoms with Crippen LogP contribution in [0.5, 0.6) is 11.5 Å². The zero-order valence-corrected chi connectivity index (χ0v) is 16.7. The fourth-order valence-electron chi connectivity index (χ4n) is 3.58. The number of halogens is 2. The highest BCUT2D eigenvalue weighted by molar-refractivity contribution is 6.35. The number of fused-ring (bicyclic) bond motifs is 2. The van der Waals surface area contributed by atoms with Gasteiger partial charge in [0.2, 0.25) is 0 Å². The van der Waals surface area contributed by atoms with Crippen molar-refractivity contribution in [1.29, 1.82) is 0 Å². The lowest BCUT2D eigenvalue weighted by Crippen LogP contribution is -2.48. The maximum Gasteiger partial charge on any atom is 0.325 e. The molecule has 2 N–H and O–H groups in total. The summed E-state index contributed by atoms with van der Waals surface area (Å²) in [5.74, 6) is 0.500. The van der Waals surface area contributed by atoms with Crippen LogP contribution in [0.2, 0.25) is 10.0 Å². The Balaban J connectivity index is 1.46. The predicted molar refractivity (Wildman–Crippen MR) is 106 cm³/mol. The molecule has 7 nitrogen and oxygen atoms in total. The van der Waals surface area contributed by atoms with Gasteiger partial charge in [0, 0.05) is 17.0 Å². The minimum Gasteiger partial charge on any atom is -0.493 e. The first-order valence-corrected chi connectivity index (χ1v) is 9.78. The van der Waals surface area contributed by atoms with Crippen LogP contribution >= 0.6 is 23.2 Å². The molecule has 2 aliphatic rings. The van der Waals surface area contributed by atoms with Crippen molar-refractivity contribution in [2.45, 2.75) is 18.1 Å². The molecule has 0 unspecified atom stereocenters. The number of carbonyl (C=O) groups excluding carboxylic acids is 2. The van der Waals surface area contributed by atoms with Crippen molar-refractivity contribution in [3.63, 3.8) is 0 Å². The number of carbonyl (C=O) groups is 2. The van der Waals surface area contributed by atoms with Gasteiger partial charge in [-0.1, -0.05) is 41.4 Å². The number of hydrogen-bond acceptors (Lipinski definition) is 5. The van der Waals surface area contributed by atoms with E-state index in [1.807, 2.05) is 0 Å². The van der Waals surface area contributed by atoms with Gasteiger partial charge in [0.15, 0.2) is 5.54 Å². The molecule has 0 aliphatic carbocycles. The lowest BCUT2D eigenvalue weighted by atomic mass is 9.84. The third-order valence-corrected chi connectivity index (χ3v) is 5.51. The monoisotopic (exact) mass is 436 g/mol. The molecule has 0 saturated carbocycles. The molecule has 2 aromatic carbocycles. The molecule has 1 saturated heterocycles. The molecule has 2 atom stereocenters. The summed E-state index contributed by atoms with van der Waals surface area (Å²) in [5, 5.41) is 13.9. The van der Waals surface area contributed by atoms with Gasteiger partial charge in [0.25, 0.3) is 5.91 Å². The number of ether oxygens (including phenoxy) is 2. The van der Waals surface area contributed by atoms with Gasteiger partial charge < -0.3 is 19.9 Å². The highest BCUT2D eigenvalue weighted by Crippen LogP contribution is 2.41. The molecule has 0 radical (unpaired) electrons. The number of aliphatic hydroxyl groups excluding tert-OH is 1.